The van der Waals surface area contributed by atoms with Gasteiger partial charge in [0.25, 0.3) is 6.43 Å². The van der Waals surface area contributed by atoms with Crippen LogP contribution in [0.2, 0.25) is 0 Å². The van der Waals surface area contributed by atoms with Crippen molar-refractivity contribution >= 4 is 0 Å². The maximum Gasteiger partial charge on any atom is 0.251 e. The number of rotatable bonds is 6. The summed E-state index contributed by atoms with van der Waals surface area (Å²) in [5, 5.41) is 3.51. The van der Waals surface area contributed by atoms with Gasteiger partial charge in [-0.15, -0.1) is 6.58 Å². The molecule has 1 heterocycles. The number of nitrogens with one attached hydrogen (secondary N) is 1. The van der Waals surface area contributed by atoms with Crippen LogP contribution in [0.25, 0.3) is 0 Å². The number of hydrogen-bond donors (Lipinski definition) is 1. The number of alkyl halides is 2. The van der Waals surface area contributed by atoms with E-state index < -0.39 is 6.43 Å². The zero-order chi connectivity index (χ0) is 12.0. The molecule has 0 bridgehead atoms. The Morgan fingerprint density at radius 1 is 1.44 bits per heavy atom. The molecule has 94 valence electrons. The summed E-state index contributed by atoms with van der Waals surface area (Å²) in [5.74, 6) is 0. The third-order valence-corrected chi connectivity index (χ3v) is 3.02. The molecular weight excluding hydrogens is 210 g/mol. The van der Waals surface area contributed by atoms with Crippen LogP contribution < -0.4 is 5.32 Å². The lowest BCUT2D eigenvalue weighted by molar-refractivity contribution is 0.0722. The first kappa shape index (κ1) is 13.6. The van der Waals surface area contributed by atoms with Gasteiger partial charge in [0, 0.05) is 12.1 Å². The van der Waals surface area contributed by atoms with E-state index in [1.165, 1.54) is 0 Å². The topological polar surface area (TPSA) is 15.3 Å². The van der Waals surface area contributed by atoms with Gasteiger partial charge < -0.3 is 5.32 Å². The van der Waals surface area contributed by atoms with E-state index >= 15 is 0 Å². The molecule has 0 spiro atoms. The minimum atomic E-state index is -2.20. The van der Waals surface area contributed by atoms with Gasteiger partial charge in [0.15, 0.2) is 0 Å². The maximum atomic E-state index is 12.2. The molecule has 0 radical (unpaired) electrons. The van der Waals surface area contributed by atoms with E-state index in [-0.39, 0.29) is 6.54 Å². The summed E-state index contributed by atoms with van der Waals surface area (Å²) in [6.45, 7) is 7.33. The maximum absolute atomic E-state index is 12.2. The molecular formula is C12H22F2N2. The van der Waals surface area contributed by atoms with E-state index in [9.17, 15) is 8.78 Å². The highest BCUT2D eigenvalue weighted by molar-refractivity contribution is 4.82. The van der Waals surface area contributed by atoms with E-state index in [2.05, 4.69) is 18.8 Å². The average Bonchev–Trinajstić information content (AvgIpc) is 2.20. The van der Waals surface area contributed by atoms with E-state index in [1.807, 2.05) is 11.0 Å². The predicted molar refractivity (Wildman–Crippen MR) is 62.9 cm³/mol. The predicted octanol–water partition coefficient (Wildman–Crippen LogP) is 2.27. The van der Waals surface area contributed by atoms with Crippen LogP contribution in [0.5, 0.6) is 0 Å². The quantitative estimate of drug-likeness (QED) is 0.707. The molecule has 0 saturated carbocycles. The minimum absolute atomic E-state index is 0.0745. The van der Waals surface area contributed by atoms with Crippen LogP contribution in [0, 0.1) is 0 Å². The second-order valence-corrected chi connectivity index (χ2v) is 4.56. The van der Waals surface area contributed by atoms with Crippen molar-refractivity contribution in [2.45, 2.75) is 44.7 Å². The monoisotopic (exact) mass is 232 g/mol. The fourth-order valence-electron chi connectivity index (χ4n) is 2.20. The molecule has 0 amide bonds. The van der Waals surface area contributed by atoms with Crippen molar-refractivity contribution in [3.63, 3.8) is 0 Å². The van der Waals surface area contributed by atoms with Crippen LogP contribution in [-0.2, 0) is 0 Å². The van der Waals surface area contributed by atoms with Crippen molar-refractivity contribution in [1.29, 1.82) is 0 Å². The molecule has 0 aromatic rings. The fourth-order valence-corrected chi connectivity index (χ4v) is 2.20. The molecule has 1 aliphatic heterocycles. The molecule has 1 N–H and O–H groups in total. The van der Waals surface area contributed by atoms with Crippen LogP contribution in [0.15, 0.2) is 12.7 Å². The van der Waals surface area contributed by atoms with E-state index in [4.69, 9.17) is 0 Å². The third-order valence-electron chi connectivity index (χ3n) is 3.02. The van der Waals surface area contributed by atoms with Crippen LogP contribution in [-0.4, -0.2) is 43.0 Å². The lowest BCUT2D eigenvalue weighted by Crippen LogP contribution is -2.46. The van der Waals surface area contributed by atoms with E-state index in [0.717, 1.165) is 32.4 Å². The van der Waals surface area contributed by atoms with Gasteiger partial charge in [-0.25, -0.2) is 8.78 Å². The Kier molecular flexibility index (Phi) is 5.91. The first-order valence-corrected chi connectivity index (χ1v) is 5.99. The summed E-state index contributed by atoms with van der Waals surface area (Å²) in [6, 6.07) is 0.910. The van der Waals surface area contributed by atoms with E-state index in [1.54, 1.807) is 0 Å². The van der Waals surface area contributed by atoms with Crippen molar-refractivity contribution < 1.29 is 8.78 Å². The Morgan fingerprint density at radius 2 is 2.06 bits per heavy atom. The first-order chi connectivity index (χ1) is 7.61. The SMILES string of the molecule is C=CCC(C)NC1CCN(CC(F)F)CC1. The first-order valence-electron chi connectivity index (χ1n) is 5.99. The van der Waals surface area contributed by atoms with Crippen LogP contribution >= 0.6 is 0 Å². The summed E-state index contributed by atoms with van der Waals surface area (Å²) in [7, 11) is 0. The number of piperidine rings is 1. The molecule has 1 rings (SSSR count). The average molecular weight is 232 g/mol. The largest absolute Gasteiger partial charge is 0.311 e. The highest BCUT2D eigenvalue weighted by atomic mass is 19.3. The van der Waals surface area contributed by atoms with Gasteiger partial charge in [0.1, 0.15) is 0 Å². The highest BCUT2D eigenvalue weighted by Crippen LogP contribution is 2.12. The van der Waals surface area contributed by atoms with E-state index in [0.29, 0.717) is 12.1 Å². The third kappa shape index (κ3) is 5.03. The number of nitrogens with zero attached hydrogens (tertiary/aromatic N) is 1. The van der Waals surface area contributed by atoms with Gasteiger partial charge in [-0.2, -0.15) is 0 Å². The van der Waals surface area contributed by atoms with Gasteiger partial charge in [0.2, 0.25) is 0 Å². The van der Waals surface area contributed by atoms with Crippen molar-refractivity contribution in [1.82, 2.24) is 10.2 Å². The molecule has 16 heavy (non-hydrogen) atoms. The second kappa shape index (κ2) is 6.97. The molecule has 1 aliphatic rings. The normalized spacial score (nSPS) is 21.2. The lowest BCUT2D eigenvalue weighted by Gasteiger charge is -2.33. The Morgan fingerprint density at radius 3 is 2.56 bits per heavy atom. The molecule has 2 nitrogen and oxygen atoms in total. The lowest BCUT2D eigenvalue weighted by atomic mass is 10.0. The summed E-state index contributed by atoms with van der Waals surface area (Å²) >= 11 is 0. The van der Waals surface area contributed by atoms with Gasteiger partial charge >= 0.3 is 0 Å². The zero-order valence-corrected chi connectivity index (χ0v) is 9.96. The highest BCUT2D eigenvalue weighted by Gasteiger charge is 2.21. The smallest absolute Gasteiger partial charge is 0.251 e. The standard InChI is InChI=1S/C12H22F2N2/c1-3-4-10(2)15-11-5-7-16(8-6-11)9-12(13)14/h3,10-12,15H,1,4-9H2,2H3. The van der Waals surface area contributed by atoms with Gasteiger partial charge in [-0.3, -0.25) is 4.90 Å². The molecule has 4 heteroatoms. The molecule has 1 unspecified atom stereocenters. The zero-order valence-electron chi connectivity index (χ0n) is 9.96. The van der Waals surface area contributed by atoms with Crippen molar-refractivity contribution in [3.05, 3.63) is 12.7 Å². The number of hydrogen-bond acceptors (Lipinski definition) is 2. The summed E-state index contributed by atoms with van der Waals surface area (Å²) < 4.78 is 24.3. The Balaban J connectivity index is 2.18. The van der Waals surface area contributed by atoms with Crippen LogP contribution in [0.3, 0.4) is 0 Å². The van der Waals surface area contributed by atoms with Gasteiger partial charge in [0.05, 0.1) is 6.54 Å². The van der Waals surface area contributed by atoms with Crippen LogP contribution in [0.4, 0.5) is 8.78 Å². The summed E-state index contributed by atoms with van der Waals surface area (Å²) in [4.78, 5) is 1.85. The Hall–Kier alpha value is -0.480. The fraction of sp³-hybridized carbons (Fsp3) is 0.833. The van der Waals surface area contributed by atoms with Crippen molar-refractivity contribution in [2.75, 3.05) is 19.6 Å². The van der Waals surface area contributed by atoms with Gasteiger partial charge in [-0.1, -0.05) is 6.08 Å². The molecule has 1 atom stereocenters. The molecule has 0 aromatic carbocycles. The van der Waals surface area contributed by atoms with Crippen LogP contribution in [0.1, 0.15) is 26.2 Å². The molecule has 0 aliphatic carbocycles. The molecule has 1 saturated heterocycles. The number of halogens is 2. The minimum Gasteiger partial charge on any atom is -0.311 e. The number of likely N-dealkylation sites (tertiary alicyclic amines) is 1. The molecule has 1 fully saturated rings. The Bertz CT molecular complexity index is 201. The van der Waals surface area contributed by atoms with Crippen molar-refractivity contribution in [3.8, 4) is 0 Å². The van der Waals surface area contributed by atoms with Gasteiger partial charge in [-0.05, 0) is 39.3 Å². The van der Waals surface area contributed by atoms with Crippen molar-refractivity contribution in [2.24, 2.45) is 0 Å². The second-order valence-electron chi connectivity index (χ2n) is 4.56. The summed E-state index contributed by atoms with van der Waals surface area (Å²) in [6.07, 6.45) is 2.59. The molecule has 0 aromatic heterocycles. The Labute approximate surface area is 96.7 Å². The summed E-state index contributed by atoms with van der Waals surface area (Å²) in [5.41, 5.74) is 0.